The lowest BCUT2D eigenvalue weighted by molar-refractivity contribution is 1.43. The van der Waals surface area contributed by atoms with E-state index in [9.17, 15) is 0 Å². The number of rotatable bonds is 0. The molecule has 0 saturated heterocycles. The van der Waals surface area contributed by atoms with Gasteiger partial charge in [0.25, 0.3) is 0 Å². The van der Waals surface area contributed by atoms with Crippen LogP contribution in [0.2, 0.25) is 0 Å². The summed E-state index contributed by atoms with van der Waals surface area (Å²) in [4.78, 5) is 1.45. The molecule has 1 aliphatic rings. The molecule has 0 unspecified atom stereocenters. The first-order chi connectivity index (χ1) is 9.02. The molecule has 94 valence electrons. The van der Waals surface area contributed by atoms with Gasteiger partial charge in [0.2, 0.25) is 0 Å². The molecular weight excluding hydrogens is 272 g/mol. The Labute approximate surface area is 122 Å². The Morgan fingerprint density at radius 3 is 2.00 bits per heavy atom. The van der Waals surface area contributed by atoms with E-state index in [1.165, 1.54) is 0 Å². The molecule has 0 spiro atoms. The molecule has 0 bridgehead atoms. The molecule has 0 radical (unpaired) electrons. The Balaban J connectivity index is 2.43. The number of nitrogen functional groups attached to an aromatic ring is 2. The fraction of sp³-hybridized carbons (Fsp3) is 0.0667. The zero-order valence-corrected chi connectivity index (χ0v) is 12.0. The van der Waals surface area contributed by atoms with Crippen LogP contribution in [0.5, 0.6) is 0 Å². The number of hydrogen-bond donors (Lipinski definition) is 2. The zero-order valence-electron chi connectivity index (χ0n) is 10.4. The van der Waals surface area contributed by atoms with E-state index in [2.05, 4.69) is 0 Å². The molecule has 0 amide bonds. The molecule has 2 nitrogen and oxygen atoms in total. The van der Waals surface area contributed by atoms with Gasteiger partial charge in [-0.05, 0) is 18.6 Å². The Morgan fingerprint density at radius 1 is 0.895 bits per heavy atom. The third-order valence-electron chi connectivity index (χ3n) is 3.48. The number of thiocarbonyl (C=S) groups is 2. The molecule has 0 aromatic heterocycles. The minimum Gasteiger partial charge on any atom is -0.398 e. The maximum absolute atomic E-state index is 6.18. The monoisotopic (exact) mass is 284 g/mol. The summed E-state index contributed by atoms with van der Waals surface area (Å²) < 4.78 is 0. The van der Waals surface area contributed by atoms with E-state index >= 15 is 0 Å². The van der Waals surface area contributed by atoms with Crippen LogP contribution in [0.25, 0.3) is 0 Å². The molecule has 2 aromatic rings. The van der Waals surface area contributed by atoms with Crippen LogP contribution in [0.15, 0.2) is 30.3 Å². The predicted octanol–water partition coefficient (Wildman–Crippen LogP) is 3.01. The van der Waals surface area contributed by atoms with Gasteiger partial charge in [-0.25, -0.2) is 0 Å². The summed E-state index contributed by atoms with van der Waals surface area (Å²) in [6.07, 6.45) is 0. The average Bonchev–Trinajstić information content (AvgIpc) is 2.40. The molecule has 3 rings (SSSR count). The molecular formula is C15H12N2S2. The summed E-state index contributed by atoms with van der Waals surface area (Å²) >= 11 is 11.1. The molecule has 0 saturated carbocycles. The summed E-state index contributed by atoms with van der Waals surface area (Å²) in [7, 11) is 0. The molecule has 0 fully saturated rings. The van der Waals surface area contributed by atoms with Crippen molar-refractivity contribution in [1.29, 1.82) is 0 Å². The smallest absolute Gasteiger partial charge is 0.0556 e. The van der Waals surface area contributed by atoms with Gasteiger partial charge in [0.1, 0.15) is 0 Å². The Bertz CT molecular complexity index is 748. The lowest BCUT2D eigenvalue weighted by atomic mass is 9.83. The molecule has 4 N–H and O–H groups in total. The lowest BCUT2D eigenvalue weighted by Gasteiger charge is -2.25. The second-order valence-corrected chi connectivity index (χ2v) is 5.47. The van der Waals surface area contributed by atoms with E-state index in [0.29, 0.717) is 11.4 Å². The topological polar surface area (TPSA) is 52.0 Å². The third kappa shape index (κ3) is 1.60. The lowest BCUT2D eigenvalue weighted by Crippen LogP contribution is -2.23. The fourth-order valence-electron chi connectivity index (χ4n) is 2.49. The van der Waals surface area contributed by atoms with Crippen molar-refractivity contribution in [2.24, 2.45) is 0 Å². The molecule has 4 heteroatoms. The van der Waals surface area contributed by atoms with E-state index < -0.39 is 0 Å². The number of anilines is 2. The number of hydrogen-bond acceptors (Lipinski definition) is 4. The molecule has 0 atom stereocenters. The van der Waals surface area contributed by atoms with Gasteiger partial charge in [-0.15, -0.1) is 0 Å². The minimum atomic E-state index is 0.642. The van der Waals surface area contributed by atoms with Crippen LogP contribution in [-0.2, 0) is 0 Å². The first-order valence-electron chi connectivity index (χ1n) is 5.89. The summed E-state index contributed by atoms with van der Waals surface area (Å²) in [6.45, 7) is 1.93. The van der Waals surface area contributed by atoms with E-state index in [4.69, 9.17) is 35.9 Å². The van der Waals surface area contributed by atoms with Crippen LogP contribution < -0.4 is 11.5 Å². The highest BCUT2D eigenvalue weighted by atomic mass is 32.1. The van der Waals surface area contributed by atoms with Gasteiger partial charge in [0, 0.05) is 33.6 Å². The molecule has 2 aromatic carbocycles. The summed E-state index contributed by atoms with van der Waals surface area (Å²) in [6, 6.07) is 9.71. The van der Waals surface area contributed by atoms with Gasteiger partial charge in [0.15, 0.2) is 0 Å². The highest BCUT2D eigenvalue weighted by Gasteiger charge is 2.28. The summed E-state index contributed by atoms with van der Waals surface area (Å²) in [5.41, 5.74) is 18.1. The highest BCUT2D eigenvalue weighted by Crippen LogP contribution is 2.36. The third-order valence-corrected chi connectivity index (χ3v) is 4.32. The summed E-state index contributed by atoms with van der Waals surface area (Å²) in [5.74, 6) is 0. The van der Waals surface area contributed by atoms with E-state index in [0.717, 1.165) is 37.5 Å². The van der Waals surface area contributed by atoms with Gasteiger partial charge in [-0.1, -0.05) is 48.7 Å². The zero-order chi connectivity index (χ0) is 13.7. The van der Waals surface area contributed by atoms with Crippen LogP contribution in [-0.4, -0.2) is 9.73 Å². The van der Waals surface area contributed by atoms with Crippen molar-refractivity contribution in [1.82, 2.24) is 0 Å². The summed E-state index contributed by atoms with van der Waals surface area (Å²) in [5, 5.41) is 0. The maximum atomic E-state index is 6.18. The predicted molar refractivity (Wildman–Crippen MR) is 88.0 cm³/mol. The molecule has 0 aliphatic heterocycles. The van der Waals surface area contributed by atoms with Crippen molar-refractivity contribution in [3.8, 4) is 0 Å². The largest absolute Gasteiger partial charge is 0.398 e. The van der Waals surface area contributed by atoms with Gasteiger partial charge < -0.3 is 11.5 Å². The van der Waals surface area contributed by atoms with Gasteiger partial charge in [-0.2, -0.15) is 0 Å². The molecule has 19 heavy (non-hydrogen) atoms. The van der Waals surface area contributed by atoms with Crippen molar-refractivity contribution in [3.05, 3.63) is 58.1 Å². The second-order valence-electron chi connectivity index (χ2n) is 4.65. The fourth-order valence-corrected chi connectivity index (χ4v) is 3.28. The van der Waals surface area contributed by atoms with Crippen molar-refractivity contribution in [3.63, 3.8) is 0 Å². The first-order valence-corrected chi connectivity index (χ1v) is 6.71. The van der Waals surface area contributed by atoms with Gasteiger partial charge >= 0.3 is 0 Å². The van der Waals surface area contributed by atoms with E-state index in [1.807, 2.05) is 37.3 Å². The van der Waals surface area contributed by atoms with Crippen LogP contribution >= 0.6 is 24.4 Å². The maximum Gasteiger partial charge on any atom is 0.0556 e. The normalized spacial score (nSPS) is 13.1. The number of benzene rings is 2. The van der Waals surface area contributed by atoms with Crippen LogP contribution in [0.4, 0.5) is 11.4 Å². The van der Waals surface area contributed by atoms with Crippen LogP contribution in [0.1, 0.15) is 27.8 Å². The van der Waals surface area contributed by atoms with Crippen molar-refractivity contribution in [2.75, 3.05) is 11.5 Å². The van der Waals surface area contributed by atoms with Crippen molar-refractivity contribution < 1.29 is 0 Å². The standard InChI is InChI=1S/C15H12N2S2/c1-7-6-10(16)11-12(13(7)17)15(19)9-5-3-2-4-8(9)14(11)18/h2-6H,16-17H2,1H3. The minimum absolute atomic E-state index is 0.642. The van der Waals surface area contributed by atoms with E-state index in [-0.39, 0.29) is 0 Å². The first kappa shape index (κ1) is 12.3. The Kier molecular flexibility index (Phi) is 2.66. The highest BCUT2D eigenvalue weighted by molar-refractivity contribution is 7.82. The number of nitrogens with two attached hydrogens (primary N) is 2. The van der Waals surface area contributed by atoms with Crippen LogP contribution in [0, 0.1) is 6.92 Å². The van der Waals surface area contributed by atoms with Gasteiger partial charge in [-0.3, -0.25) is 0 Å². The second kappa shape index (κ2) is 4.11. The van der Waals surface area contributed by atoms with Crippen LogP contribution in [0.3, 0.4) is 0 Å². The molecule has 1 aliphatic carbocycles. The van der Waals surface area contributed by atoms with Gasteiger partial charge in [0.05, 0.1) is 9.73 Å². The average molecular weight is 284 g/mol. The Morgan fingerprint density at radius 2 is 1.42 bits per heavy atom. The molecule has 0 heterocycles. The SMILES string of the molecule is Cc1cc(N)c2c(c1N)C(=S)c1ccccc1C2=S. The van der Waals surface area contributed by atoms with Crippen molar-refractivity contribution >= 4 is 45.5 Å². The Hall–Kier alpha value is -1.78. The number of aryl methyl sites for hydroxylation is 1. The van der Waals surface area contributed by atoms with Crippen molar-refractivity contribution in [2.45, 2.75) is 6.92 Å². The quantitative estimate of drug-likeness (QED) is 0.492. The number of fused-ring (bicyclic) bond motifs is 2. The van der Waals surface area contributed by atoms with E-state index in [1.54, 1.807) is 0 Å².